The third-order valence-corrected chi connectivity index (χ3v) is 5.53. The highest BCUT2D eigenvalue weighted by atomic mass is 32.1. The summed E-state index contributed by atoms with van der Waals surface area (Å²) in [6.45, 7) is 1.17. The minimum Gasteiger partial charge on any atom is -0.486 e. The van der Waals surface area contributed by atoms with Gasteiger partial charge in [0.15, 0.2) is 5.82 Å². The number of ether oxygens (including phenoxy) is 1. The molecular weight excluding hydrogens is 362 g/mol. The summed E-state index contributed by atoms with van der Waals surface area (Å²) in [5.41, 5.74) is 0.792. The first-order valence-electron chi connectivity index (χ1n) is 8.95. The summed E-state index contributed by atoms with van der Waals surface area (Å²) in [7, 11) is 1.91. The topological polar surface area (TPSA) is 73.1 Å². The van der Waals surface area contributed by atoms with E-state index in [1.165, 1.54) is 11.3 Å². The van der Waals surface area contributed by atoms with Gasteiger partial charge in [0.2, 0.25) is 5.91 Å². The number of thiazole rings is 1. The van der Waals surface area contributed by atoms with Crippen LogP contribution in [0.25, 0.3) is 0 Å². The molecule has 1 amide bonds. The zero-order valence-corrected chi connectivity index (χ0v) is 15.9. The molecular formula is C19H21N5O2S. The minimum absolute atomic E-state index is 0.00419. The van der Waals surface area contributed by atoms with E-state index in [0.717, 1.165) is 41.7 Å². The molecule has 1 saturated heterocycles. The summed E-state index contributed by atoms with van der Waals surface area (Å²) in [5, 5.41) is 10.9. The number of hydrogen-bond donors (Lipinski definition) is 0. The summed E-state index contributed by atoms with van der Waals surface area (Å²) in [6, 6.07) is 9.66. The molecule has 0 aliphatic carbocycles. The lowest BCUT2D eigenvalue weighted by atomic mass is 10.2. The standard InChI is InChI=1S/C19H21N5O2S/c1-23-13-20-22-19(23)16-8-5-9-24(16)18(25)10-14-12-27-17(21-14)11-26-15-6-3-2-4-7-15/h2-4,6-7,12-13,16H,5,8-11H2,1H3. The number of aromatic nitrogens is 4. The maximum absolute atomic E-state index is 12.8. The van der Waals surface area contributed by atoms with Gasteiger partial charge in [-0.3, -0.25) is 4.79 Å². The Morgan fingerprint density at radius 2 is 2.19 bits per heavy atom. The van der Waals surface area contributed by atoms with Crippen molar-refractivity contribution in [1.82, 2.24) is 24.6 Å². The zero-order chi connectivity index (χ0) is 18.6. The molecule has 7 nitrogen and oxygen atoms in total. The summed E-state index contributed by atoms with van der Waals surface area (Å²) in [5.74, 6) is 1.74. The van der Waals surface area contributed by atoms with Crippen LogP contribution in [0.3, 0.4) is 0 Å². The Morgan fingerprint density at radius 1 is 1.33 bits per heavy atom. The van der Waals surface area contributed by atoms with Crippen LogP contribution in [0.1, 0.15) is 35.4 Å². The molecule has 0 N–H and O–H groups in total. The summed E-state index contributed by atoms with van der Waals surface area (Å²) in [6.07, 6.45) is 3.88. The molecule has 27 heavy (non-hydrogen) atoms. The van der Waals surface area contributed by atoms with Crippen LogP contribution in [-0.4, -0.2) is 37.1 Å². The van der Waals surface area contributed by atoms with Crippen LogP contribution < -0.4 is 4.74 Å². The number of likely N-dealkylation sites (tertiary alicyclic amines) is 1. The summed E-state index contributed by atoms with van der Waals surface area (Å²) >= 11 is 1.52. The van der Waals surface area contributed by atoms with Crippen LogP contribution in [0.2, 0.25) is 0 Å². The maximum atomic E-state index is 12.8. The average molecular weight is 383 g/mol. The normalized spacial score (nSPS) is 16.6. The van der Waals surface area contributed by atoms with Crippen molar-refractivity contribution in [2.24, 2.45) is 7.05 Å². The van der Waals surface area contributed by atoms with Crippen molar-refractivity contribution in [1.29, 1.82) is 0 Å². The Bertz CT molecular complexity index is 908. The predicted molar refractivity (Wildman–Crippen MR) is 101 cm³/mol. The van der Waals surface area contributed by atoms with Gasteiger partial charge in [0.05, 0.1) is 18.2 Å². The van der Waals surface area contributed by atoms with Gasteiger partial charge in [0, 0.05) is 19.0 Å². The van der Waals surface area contributed by atoms with Gasteiger partial charge in [-0.05, 0) is 25.0 Å². The molecule has 1 aromatic carbocycles. The molecule has 0 saturated carbocycles. The lowest BCUT2D eigenvalue weighted by Gasteiger charge is -2.23. The molecule has 3 aromatic rings. The number of para-hydroxylation sites is 1. The third-order valence-electron chi connectivity index (χ3n) is 4.65. The molecule has 1 fully saturated rings. The summed E-state index contributed by atoms with van der Waals surface area (Å²) in [4.78, 5) is 19.3. The number of hydrogen-bond acceptors (Lipinski definition) is 6. The Morgan fingerprint density at radius 3 is 2.96 bits per heavy atom. The van der Waals surface area contributed by atoms with Crippen LogP contribution in [0.5, 0.6) is 5.75 Å². The zero-order valence-electron chi connectivity index (χ0n) is 15.1. The maximum Gasteiger partial charge on any atom is 0.229 e. The molecule has 3 heterocycles. The van der Waals surface area contributed by atoms with Crippen molar-refractivity contribution >= 4 is 17.2 Å². The Hall–Kier alpha value is -2.74. The van der Waals surface area contributed by atoms with Gasteiger partial charge in [-0.1, -0.05) is 18.2 Å². The number of amides is 1. The second-order valence-electron chi connectivity index (χ2n) is 6.56. The number of nitrogens with zero attached hydrogens (tertiary/aromatic N) is 5. The van der Waals surface area contributed by atoms with Crippen molar-refractivity contribution in [2.45, 2.75) is 31.9 Å². The fraction of sp³-hybridized carbons (Fsp3) is 0.368. The first-order valence-corrected chi connectivity index (χ1v) is 9.83. The molecule has 1 aliphatic heterocycles. The highest BCUT2D eigenvalue weighted by Crippen LogP contribution is 2.31. The number of aryl methyl sites for hydroxylation is 1. The quantitative estimate of drug-likeness (QED) is 0.654. The lowest BCUT2D eigenvalue weighted by Crippen LogP contribution is -2.33. The van der Waals surface area contributed by atoms with E-state index in [1.807, 2.05) is 52.2 Å². The van der Waals surface area contributed by atoms with Gasteiger partial charge >= 0.3 is 0 Å². The van der Waals surface area contributed by atoms with E-state index in [2.05, 4.69) is 15.2 Å². The van der Waals surface area contributed by atoms with Gasteiger partial charge in [-0.15, -0.1) is 21.5 Å². The number of carbonyl (C=O) groups is 1. The highest BCUT2D eigenvalue weighted by Gasteiger charge is 2.32. The smallest absolute Gasteiger partial charge is 0.229 e. The molecule has 1 unspecified atom stereocenters. The van der Waals surface area contributed by atoms with Crippen LogP contribution in [0.15, 0.2) is 42.0 Å². The monoisotopic (exact) mass is 383 g/mol. The van der Waals surface area contributed by atoms with Crippen molar-refractivity contribution in [3.8, 4) is 5.75 Å². The Labute approximate surface area is 161 Å². The first kappa shape index (κ1) is 17.7. The largest absolute Gasteiger partial charge is 0.486 e. The van der Waals surface area contributed by atoms with E-state index in [9.17, 15) is 4.79 Å². The van der Waals surface area contributed by atoms with E-state index >= 15 is 0 Å². The van der Waals surface area contributed by atoms with Crippen molar-refractivity contribution < 1.29 is 9.53 Å². The molecule has 2 aromatic heterocycles. The van der Waals surface area contributed by atoms with Crippen molar-refractivity contribution in [2.75, 3.05) is 6.54 Å². The van der Waals surface area contributed by atoms with E-state index in [1.54, 1.807) is 6.33 Å². The number of carbonyl (C=O) groups excluding carboxylic acids is 1. The molecule has 4 rings (SSSR count). The van der Waals surface area contributed by atoms with E-state index < -0.39 is 0 Å². The molecule has 1 atom stereocenters. The second kappa shape index (κ2) is 7.87. The van der Waals surface area contributed by atoms with Gasteiger partial charge in [-0.2, -0.15) is 0 Å². The van der Waals surface area contributed by atoms with Crippen LogP contribution in [-0.2, 0) is 24.9 Å². The summed E-state index contributed by atoms with van der Waals surface area (Å²) < 4.78 is 7.61. The Balaban J connectivity index is 1.37. The minimum atomic E-state index is 0.00419. The molecule has 0 spiro atoms. The highest BCUT2D eigenvalue weighted by molar-refractivity contribution is 7.09. The number of rotatable bonds is 6. The van der Waals surface area contributed by atoms with Crippen molar-refractivity contribution in [3.05, 3.63) is 58.6 Å². The van der Waals surface area contributed by atoms with Gasteiger partial charge < -0.3 is 14.2 Å². The van der Waals surface area contributed by atoms with Crippen LogP contribution >= 0.6 is 11.3 Å². The predicted octanol–water partition coefficient (Wildman–Crippen LogP) is 2.76. The lowest BCUT2D eigenvalue weighted by molar-refractivity contribution is -0.131. The first-order chi connectivity index (χ1) is 13.2. The number of benzene rings is 1. The van der Waals surface area contributed by atoms with Gasteiger partial charge in [0.25, 0.3) is 0 Å². The molecule has 0 radical (unpaired) electrons. The third kappa shape index (κ3) is 4.00. The molecule has 140 valence electrons. The Kier molecular flexibility index (Phi) is 5.15. The van der Waals surface area contributed by atoms with Crippen molar-refractivity contribution in [3.63, 3.8) is 0 Å². The van der Waals surface area contributed by atoms with E-state index in [0.29, 0.717) is 13.0 Å². The molecule has 0 bridgehead atoms. The van der Waals surface area contributed by atoms with E-state index in [4.69, 9.17) is 4.74 Å². The van der Waals surface area contributed by atoms with Gasteiger partial charge in [0.1, 0.15) is 23.7 Å². The van der Waals surface area contributed by atoms with Gasteiger partial charge in [-0.25, -0.2) is 4.98 Å². The SMILES string of the molecule is Cn1cnnc1C1CCCN1C(=O)Cc1csc(COc2ccccc2)n1. The van der Waals surface area contributed by atoms with Crippen LogP contribution in [0.4, 0.5) is 0 Å². The van der Waals surface area contributed by atoms with Crippen LogP contribution in [0, 0.1) is 0 Å². The second-order valence-corrected chi connectivity index (χ2v) is 7.50. The average Bonchev–Trinajstić information content (AvgIpc) is 3.41. The molecule has 8 heteroatoms. The van der Waals surface area contributed by atoms with E-state index in [-0.39, 0.29) is 11.9 Å². The fourth-order valence-corrected chi connectivity index (χ4v) is 4.05. The molecule has 1 aliphatic rings. The fourth-order valence-electron chi connectivity index (χ4n) is 3.34.